The Labute approximate surface area is 110 Å². The van der Waals surface area contributed by atoms with Crippen LogP contribution in [0.5, 0.6) is 0 Å². The summed E-state index contributed by atoms with van der Waals surface area (Å²) in [4.78, 5) is 2.37. The Hall–Kier alpha value is -1.53. The van der Waals surface area contributed by atoms with Crippen molar-refractivity contribution in [2.75, 3.05) is 25.0 Å². The molecule has 0 spiro atoms. The number of hydrogen-bond acceptors (Lipinski definition) is 3. The molecule has 0 heterocycles. The second kappa shape index (κ2) is 8.54. The van der Waals surface area contributed by atoms with E-state index in [0.717, 1.165) is 19.5 Å². The number of benzene rings is 1. The number of nitrogens with zero attached hydrogens (tertiary/aromatic N) is 2. The summed E-state index contributed by atoms with van der Waals surface area (Å²) in [6.07, 6.45) is 3.23. The number of anilines is 1. The van der Waals surface area contributed by atoms with Crippen molar-refractivity contribution in [3.63, 3.8) is 0 Å². The van der Waals surface area contributed by atoms with Crippen LogP contribution in [0.1, 0.15) is 26.2 Å². The summed E-state index contributed by atoms with van der Waals surface area (Å²) < 4.78 is 0. The molecule has 3 heteroatoms. The maximum absolute atomic E-state index is 8.95. The summed E-state index contributed by atoms with van der Waals surface area (Å²) in [6.45, 7) is 4.18. The third-order valence-corrected chi connectivity index (χ3v) is 3.09. The van der Waals surface area contributed by atoms with Crippen LogP contribution in [0.4, 0.5) is 5.69 Å². The van der Waals surface area contributed by atoms with Gasteiger partial charge in [0.05, 0.1) is 12.1 Å². The molecule has 0 saturated heterocycles. The van der Waals surface area contributed by atoms with E-state index in [1.807, 2.05) is 13.1 Å². The third-order valence-electron chi connectivity index (χ3n) is 3.09. The smallest absolute Gasteiger partial charge is 0.0967 e. The van der Waals surface area contributed by atoms with E-state index in [1.165, 1.54) is 18.5 Å². The summed E-state index contributed by atoms with van der Waals surface area (Å²) >= 11 is 0. The van der Waals surface area contributed by atoms with Crippen LogP contribution in [0, 0.1) is 11.3 Å². The van der Waals surface area contributed by atoms with Gasteiger partial charge in [-0.2, -0.15) is 5.26 Å². The van der Waals surface area contributed by atoms with Crippen molar-refractivity contribution in [1.82, 2.24) is 5.32 Å². The van der Waals surface area contributed by atoms with Crippen molar-refractivity contribution < 1.29 is 0 Å². The Morgan fingerprint density at radius 2 is 2.00 bits per heavy atom. The topological polar surface area (TPSA) is 39.1 Å². The number of nitriles is 1. The van der Waals surface area contributed by atoms with E-state index >= 15 is 0 Å². The van der Waals surface area contributed by atoms with E-state index in [4.69, 9.17) is 5.26 Å². The Balaban J connectivity index is 2.59. The lowest BCUT2D eigenvalue weighted by Crippen LogP contribution is -2.32. The fourth-order valence-corrected chi connectivity index (χ4v) is 1.92. The molecule has 1 aromatic rings. The molecule has 1 rings (SSSR count). The molecule has 0 aliphatic carbocycles. The highest BCUT2D eigenvalue weighted by Crippen LogP contribution is 2.14. The molecule has 0 radical (unpaired) electrons. The zero-order valence-corrected chi connectivity index (χ0v) is 11.4. The van der Waals surface area contributed by atoms with Crippen LogP contribution in [0.25, 0.3) is 0 Å². The van der Waals surface area contributed by atoms with E-state index in [9.17, 15) is 0 Å². The van der Waals surface area contributed by atoms with Gasteiger partial charge in [-0.25, -0.2) is 0 Å². The van der Waals surface area contributed by atoms with Gasteiger partial charge in [0, 0.05) is 18.8 Å². The summed E-state index contributed by atoms with van der Waals surface area (Å²) in [5, 5.41) is 12.0. The molecule has 0 aliphatic heterocycles. The monoisotopic (exact) mass is 245 g/mol. The van der Waals surface area contributed by atoms with Gasteiger partial charge >= 0.3 is 0 Å². The van der Waals surface area contributed by atoms with E-state index in [0.29, 0.717) is 0 Å². The van der Waals surface area contributed by atoms with Gasteiger partial charge in [-0.3, -0.25) is 0 Å². The molecule has 0 amide bonds. The highest BCUT2D eigenvalue weighted by atomic mass is 15.1. The quantitative estimate of drug-likeness (QED) is 0.765. The molecule has 0 bridgehead atoms. The summed E-state index contributed by atoms with van der Waals surface area (Å²) in [5.74, 6) is 0. The lowest BCUT2D eigenvalue weighted by atomic mass is 10.2. The van der Waals surface area contributed by atoms with Crippen molar-refractivity contribution in [1.29, 1.82) is 5.26 Å². The van der Waals surface area contributed by atoms with Gasteiger partial charge in [0.2, 0.25) is 0 Å². The number of rotatable bonds is 8. The van der Waals surface area contributed by atoms with Gasteiger partial charge in [0.15, 0.2) is 0 Å². The van der Waals surface area contributed by atoms with E-state index in [2.05, 4.69) is 47.5 Å². The van der Waals surface area contributed by atoms with Crippen LogP contribution in [-0.4, -0.2) is 26.2 Å². The third kappa shape index (κ3) is 4.77. The molecule has 1 N–H and O–H groups in total. The summed E-state index contributed by atoms with van der Waals surface area (Å²) in [5.41, 5.74) is 1.25. The van der Waals surface area contributed by atoms with Gasteiger partial charge in [-0.15, -0.1) is 0 Å². The van der Waals surface area contributed by atoms with Crippen LogP contribution in [0.2, 0.25) is 0 Å². The fraction of sp³-hybridized carbons (Fsp3) is 0.533. The molecular formula is C15H23N3. The van der Waals surface area contributed by atoms with Crippen LogP contribution >= 0.6 is 0 Å². The molecule has 3 nitrogen and oxygen atoms in total. The van der Waals surface area contributed by atoms with Crippen LogP contribution in [0.15, 0.2) is 30.3 Å². The normalized spacial score (nSPS) is 11.8. The van der Waals surface area contributed by atoms with Gasteiger partial charge in [-0.05, 0) is 32.0 Å². The molecule has 0 saturated carbocycles. The maximum Gasteiger partial charge on any atom is 0.0967 e. The average Bonchev–Trinajstić information content (AvgIpc) is 2.44. The lowest BCUT2D eigenvalue weighted by molar-refractivity contribution is 0.599. The van der Waals surface area contributed by atoms with Crippen molar-refractivity contribution >= 4 is 5.69 Å². The largest absolute Gasteiger partial charge is 0.371 e. The Kier molecular flexibility index (Phi) is 6.90. The Morgan fingerprint density at radius 3 is 2.56 bits per heavy atom. The van der Waals surface area contributed by atoms with Gasteiger partial charge in [0.25, 0.3) is 0 Å². The highest BCUT2D eigenvalue weighted by molar-refractivity contribution is 5.45. The van der Waals surface area contributed by atoms with Crippen LogP contribution in [0.3, 0.4) is 0 Å². The molecular weight excluding hydrogens is 222 g/mol. The molecule has 0 aliphatic rings. The number of nitrogens with one attached hydrogen (secondary N) is 1. The zero-order chi connectivity index (χ0) is 13.2. The first-order valence-corrected chi connectivity index (χ1v) is 6.68. The van der Waals surface area contributed by atoms with E-state index < -0.39 is 0 Å². The van der Waals surface area contributed by atoms with Crippen molar-refractivity contribution in [2.24, 2.45) is 0 Å². The average molecular weight is 245 g/mol. The van der Waals surface area contributed by atoms with E-state index in [-0.39, 0.29) is 6.04 Å². The predicted octanol–water partition coefficient (Wildman–Crippen LogP) is 2.79. The van der Waals surface area contributed by atoms with Gasteiger partial charge < -0.3 is 10.2 Å². The summed E-state index contributed by atoms with van der Waals surface area (Å²) in [7, 11) is 1.84. The second-order valence-corrected chi connectivity index (χ2v) is 4.44. The van der Waals surface area contributed by atoms with Crippen molar-refractivity contribution in [3.8, 4) is 6.07 Å². The maximum atomic E-state index is 8.95. The standard InChI is InChI=1S/C15H23N3/c1-3-4-11-18(12-10-14(13-16)17-2)15-8-6-5-7-9-15/h5-9,14,17H,3-4,10-12H2,1-2H3. The van der Waals surface area contributed by atoms with Crippen molar-refractivity contribution in [3.05, 3.63) is 30.3 Å². The van der Waals surface area contributed by atoms with Gasteiger partial charge in [-0.1, -0.05) is 31.5 Å². The predicted molar refractivity (Wildman–Crippen MR) is 76.6 cm³/mol. The highest BCUT2D eigenvalue weighted by Gasteiger charge is 2.09. The number of para-hydroxylation sites is 1. The molecule has 0 fully saturated rings. The fourth-order valence-electron chi connectivity index (χ4n) is 1.92. The Bertz CT molecular complexity index is 356. The van der Waals surface area contributed by atoms with Crippen molar-refractivity contribution in [2.45, 2.75) is 32.2 Å². The minimum atomic E-state index is -0.0576. The SMILES string of the molecule is CCCCN(CCC(C#N)NC)c1ccccc1. The second-order valence-electron chi connectivity index (χ2n) is 4.44. The first kappa shape index (κ1) is 14.5. The van der Waals surface area contributed by atoms with Crippen LogP contribution < -0.4 is 10.2 Å². The van der Waals surface area contributed by atoms with Crippen LogP contribution in [-0.2, 0) is 0 Å². The lowest BCUT2D eigenvalue weighted by Gasteiger charge is -2.25. The molecule has 1 unspecified atom stereocenters. The first-order chi connectivity index (χ1) is 8.81. The minimum Gasteiger partial charge on any atom is -0.371 e. The summed E-state index contributed by atoms with van der Waals surface area (Å²) in [6, 6.07) is 12.7. The van der Waals surface area contributed by atoms with Gasteiger partial charge in [0.1, 0.15) is 0 Å². The Morgan fingerprint density at radius 1 is 1.28 bits per heavy atom. The molecule has 98 valence electrons. The molecule has 1 atom stereocenters. The zero-order valence-electron chi connectivity index (χ0n) is 11.4. The molecule has 18 heavy (non-hydrogen) atoms. The van der Waals surface area contributed by atoms with E-state index in [1.54, 1.807) is 0 Å². The first-order valence-electron chi connectivity index (χ1n) is 6.68. The number of unbranched alkanes of at least 4 members (excludes halogenated alkanes) is 1. The molecule has 1 aromatic carbocycles. The molecule has 0 aromatic heterocycles. The number of hydrogen-bond donors (Lipinski definition) is 1. The minimum absolute atomic E-state index is 0.0576.